The van der Waals surface area contributed by atoms with Crippen LogP contribution in [0.5, 0.6) is 0 Å². The molecular weight excluding hydrogens is 331 g/mol. The second-order valence-electron chi connectivity index (χ2n) is 2.85. The van der Waals surface area contributed by atoms with Crippen molar-refractivity contribution in [2.75, 3.05) is 0 Å². The Bertz CT molecular complexity index is 312. The van der Waals surface area contributed by atoms with Crippen molar-refractivity contribution < 1.29 is 40.2 Å². The fourth-order valence-corrected chi connectivity index (χ4v) is 1.46. The van der Waals surface area contributed by atoms with Crippen molar-refractivity contribution in [2.45, 2.75) is 28.0 Å². The van der Waals surface area contributed by atoms with Crippen molar-refractivity contribution in [1.29, 1.82) is 0 Å². The molecule has 2 atom stereocenters. The van der Waals surface area contributed by atoms with E-state index in [1.54, 1.807) is 0 Å². The topological polar surface area (TPSA) is 18.5 Å². The summed E-state index contributed by atoms with van der Waals surface area (Å²) in [4.78, 5) is 0. The summed E-state index contributed by atoms with van der Waals surface area (Å²) < 4.78 is 93.5. The van der Waals surface area contributed by atoms with E-state index in [0.717, 1.165) is 0 Å². The zero-order valence-electron chi connectivity index (χ0n) is 7.10. The highest BCUT2D eigenvalue weighted by Gasteiger charge is 2.82. The Morgan fingerprint density at radius 3 is 1.29 bits per heavy atom. The van der Waals surface area contributed by atoms with Crippen molar-refractivity contribution in [3.05, 3.63) is 0 Å². The van der Waals surface area contributed by atoms with Gasteiger partial charge in [-0.1, -0.05) is 0 Å². The Hall–Kier alpha value is 0.300. The van der Waals surface area contributed by atoms with Crippen LogP contribution in [-0.4, -0.2) is 28.0 Å². The van der Waals surface area contributed by atoms with Gasteiger partial charge in [-0.15, -0.1) is 0 Å². The molecule has 0 aromatic rings. The van der Waals surface area contributed by atoms with Crippen molar-refractivity contribution in [1.82, 2.24) is 0 Å². The monoisotopic (exact) mass is 330 g/mol. The number of hydrogen-bond acceptors (Lipinski definition) is 2. The molecule has 12 heteroatoms. The van der Waals surface area contributed by atoms with Gasteiger partial charge in [-0.3, -0.25) is 9.47 Å². The van der Waals surface area contributed by atoms with Crippen LogP contribution >= 0.6 is 34.8 Å². The zero-order chi connectivity index (χ0) is 13.9. The van der Waals surface area contributed by atoms with Crippen LogP contribution in [0.4, 0.5) is 30.7 Å². The molecule has 0 saturated carbocycles. The van der Waals surface area contributed by atoms with E-state index in [-0.39, 0.29) is 0 Å². The maximum absolute atomic E-state index is 12.9. The Morgan fingerprint density at radius 2 is 1.06 bits per heavy atom. The summed E-state index contributed by atoms with van der Waals surface area (Å²) in [5.74, 6) is -5.96. The lowest BCUT2D eigenvalue weighted by Crippen LogP contribution is -2.55. The molecular formula is C5Cl3F7O2. The minimum atomic E-state index is -6.31. The van der Waals surface area contributed by atoms with Crippen LogP contribution in [0.3, 0.4) is 0 Å². The van der Waals surface area contributed by atoms with E-state index in [1.807, 2.05) is 0 Å². The molecule has 2 nitrogen and oxygen atoms in total. The van der Waals surface area contributed by atoms with Crippen LogP contribution < -0.4 is 0 Å². The number of halogens is 10. The van der Waals surface area contributed by atoms with Gasteiger partial charge in [0.1, 0.15) is 0 Å². The third kappa shape index (κ3) is 2.16. The molecule has 1 fully saturated rings. The molecule has 0 N–H and O–H groups in total. The highest BCUT2D eigenvalue weighted by atomic mass is 35.5. The van der Waals surface area contributed by atoms with Crippen LogP contribution in [0, 0.1) is 0 Å². The van der Waals surface area contributed by atoms with Crippen LogP contribution in [0.25, 0.3) is 0 Å². The molecule has 17 heavy (non-hydrogen) atoms. The molecule has 0 bridgehead atoms. The fourth-order valence-electron chi connectivity index (χ4n) is 0.767. The molecule has 1 saturated heterocycles. The second-order valence-corrected chi connectivity index (χ2v) is 4.32. The first-order valence-corrected chi connectivity index (χ1v) is 4.59. The van der Waals surface area contributed by atoms with Crippen LogP contribution in [-0.2, 0) is 9.47 Å². The summed E-state index contributed by atoms with van der Waals surface area (Å²) in [6.07, 6.45) is -6.31. The maximum Gasteiger partial charge on any atom is 0.460 e. The largest absolute Gasteiger partial charge is 0.460 e. The first kappa shape index (κ1) is 15.4. The summed E-state index contributed by atoms with van der Waals surface area (Å²) in [6.45, 7) is 0. The summed E-state index contributed by atoms with van der Waals surface area (Å²) in [5, 5.41) is -13.2. The molecule has 1 rings (SSSR count). The van der Waals surface area contributed by atoms with Gasteiger partial charge in [-0.05, 0) is 34.8 Å². The van der Waals surface area contributed by atoms with Gasteiger partial charge in [0.15, 0.2) is 0 Å². The summed E-state index contributed by atoms with van der Waals surface area (Å²) >= 11 is 13.5. The van der Waals surface area contributed by atoms with E-state index in [2.05, 4.69) is 44.3 Å². The number of alkyl halides is 10. The molecule has 0 amide bonds. The predicted octanol–water partition coefficient (Wildman–Crippen LogP) is 3.85. The molecule has 1 aliphatic rings. The van der Waals surface area contributed by atoms with Crippen molar-refractivity contribution in [3.63, 3.8) is 0 Å². The third-order valence-electron chi connectivity index (χ3n) is 1.59. The summed E-state index contributed by atoms with van der Waals surface area (Å²) in [6, 6.07) is 0. The Labute approximate surface area is 103 Å². The standard InChI is InChI=1S/C5Cl3F7O2/c6-2(11)3(7,12)17-4(8,16-2)1(9,10)5(13,14)15. The van der Waals surface area contributed by atoms with Crippen molar-refractivity contribution in [2.24, 2.45) is 0 Å². The van der Waals surface area contributed by atoms with Gasteiger partial charge in [-0.25, -0.2) is 0 Å². The van der Waals surface area contributed by atoms with Gasteiger partial charge >= 0.3 is 28.0 Å². The first-order valence-electron chi connectivity index (χ1n) is 3.46. The van der Waals surface area contributed by atoms with E-state index in [4.69, 9.17) is 0 Å². The van der Waals surface area contributed by atoms with E-state index in [9.17, 15) is 30.7 Å². The van der Waals surface area contributed by atoms with E-state index >= 15 is 0 Å². The molecule has 1 heterocycles. The average molecular weight is 331 g/mol. The average Bonchev–Trinajstić information content (AvgIpc) is 2.14. The Balaban J connectivity index is 3.18. The molecule has 1 aliphatic heterocycles. The second kappa shape index (κ2) is 3.66. The van der Waals surface area contributed by atoms with E-state index in [0.29, 0.717) is 0 Å². The zero-order valence-corrected chi connectivity index (χ0v) is 9.36. The minimum absolute atomic E-state index is 3.21. The van der Waals surface area contributed by atoms with Crippen molar-refractivity contribution in [3.8, 4) is 0 Å². The van der Waals surface area contributed by atoms with Gasteiger partial charge in [-0.2, -0.15) is 30.7 Å². The van der Waals surface area contributed by atoms with Crippen LogP contribution in [0.1, 0.15) is 0 Å². The smallest absolute Gasteiger partial charge is 0.276 e. The first-order chi connectivity index (χ1) is 7.16. The quantitative estimate of drug-likeness (QED) is 0.537. The molecule has 0 spiro atoms. The molecule has 0 aromatic carbocycles. The molecule has 0 radical (unpaired) electrons. The fraction of sp³-hybridized carbons (Fsp3) is 1.00. The maximum atomic E-state index is 12.9. The predicted molar refractivity (Wildman–Crippen MR) is 41.1 cm³/mol. The lowest BCUT2D eigenvalue weighted by atomic mass is 10.3. The Kier molecular flexibility index (Phi) is 3.30. The Morgan fingerprint density at radius 1 is 0.765 bits per heavy atom. The lowest BCUT2D eigenvalue weighted by Gasteiger charge is -2.30. The normalized spacial score (nSPS) is 44.1. The van der Waals surface area contributed by atoms with Gasteiger partial charge in [0.05, 0.1) is 0 Å². The van der Waals surface area contributed by atoms with Gasteiger partial charge in [0, 0.05) is 0 Å². The summed E-state index contributed by atoms with van der Waals surface area (Å²) in [7, 11) is 0. The van der Waals surface area contributed by atoms with E-state index < -0.39 is 28.0 Å². The molecule has 102 valence electrons. The highest BCUT2D eigenvalue weighted by molar-refractivity contribution is 6.33. The van der Waals surface area contributed by atoms with Gasteiger partial charge < -0.3 is 0 Å². The molecule has 0 aliphatic carbocycles. The minimum Gasteiger partial charge on any atom is -0.276 e. The summed E-state index contributed by atoms with van der Waals surface area (Å²) in [5.41, 5.74) is 0. The number of rotatable bonds is 1. The van der Waals surface area contributed by atoms with Gasteiger partial charge in [0.2, 0.25) is 0 Å². The highest BCUT2D eigenvalue weighted by Crippen LogP contribution is 2.60. The number of hydrogen-bond donors (Lipinski definition) is 0. The van der Waals surface area contributed by atoms with E-state index in [1.165, 1.54) is 0 Å². The van der Waals surface area contributed by atoms with Crippen LogP contribution in [0.2, 0.25) is 0 Å². The SMILES string of the molecule is FC(F)(F)C(F)(F)C1(Cl)OC(F)(Cl)C(F)(Cl)O1. The number of ether oxygens (including phenoxy) is 2. The van der Waals surface area contributed by atoms with Gasteiger partial charge in [0.25, 0.3) is 0 Å². The molecule has 0 aromatic heterocycles. The lowest BCUT2D eigenvalue weighted by molar-refractivity contribution is -0.372. The third-order valence-corrected chi connectivity index (χ3v) is 2.72. The molecule has 2 unspecified atom stereocenters. The van der Waals surface area contributed by atoms with Crippen LogP contribution in [0.15, 0.2) is 0 Å². The van der Waals surface area contributed by atoms with Crippen molar-refractivity contribution >= 4 is 34.8 Å².